The van der Waals surface area contributed by atoms with E-state index in [0.717, 1.165) is 0 Å². The molecule has 86 valence electrons. The van der Waals surface area contributed by atoms with Gasteiger partial charge in [-0.1, -0.05) is 29.3 Å². The van der Waals surface area contributed by atoms with Crippen molar-refractivity contribution in [3.63, 3.8) is 0 Å². The van der Waals surface area contributed by atoms with Crippen molar-refractivity contribution >= 4 is 34.9 Å². The van der Waals surface area contributed by atoms with Crippen LogP contribution >= 0.6 is 23.2 Å². The molecule has 0 aliphatic rings. The number of nitrogens with one attached hydrogen (secondary N) is 1. The Bertz CT molecular complexity index is 562. The Morgan fingerprint density at radius 3 is 2.71 bits per heavy atom. The Morgan fingerprint density at radius 2 is 2.00 bits per heavy atom. The van der Waals surface area contributed by atoms with Crippen LogP contribution in [0.15, 0.2) is 30.6 Å². The Labute approximate surface area is 107 Å². The number of amides is 1. The first-order chi connectivity index (χ1) is 8.15. The number of aromatic nitrogens is 3. The van der Waals surface area contributed by atoms with Gasteiger partial charge in [-0.05, 0) is 12.1 Å². The standard InChI is InChI=1S/C10H6Cl2N4O/c11-7-3-1-2-6(15-7)10(17)16-9-4-8(12)13-5-14-9/h1-5H,(H,13,14,16,17). The van der Waals surface area contributed by atoms with Crippen LogP contribution < -0.4 is 5.32 Å². The number of hydrogen-bond acceptors (Lipinski definition) is 4. The first-order valence-corrected chi connectivity index (χ1v) is 5.32. The molecule has 0 unspecified atom stereocenters. The van der Waals surface area contributed by atoms with Crippen LogP contribution in [-0.4, -0.2) is 20.9 Å². The zero-order chi connectivity index (χ0) is 12.3. The molecule has 0 atom stereocenters. The Balaban J connectivity index is 2.17. The van der Waals surface area contributed by atoms with Crippen molar-refractivity contribution < 1.29 is 4.79 Å². The van der Waals surface area contributed by atoms with E-state index in [9.17, 15) is 4.79 Å². The highest BCUT2D eigenvalue weighted by Gasteiger charge is 2.08. The highest BCUT2D eigenvalue weighted by atomic mass is 35.5. The Kier molecular flexibility index (Phi) is 3.51. The third kappa shape index (κ3) is 3.12. The molecule has 1 amide bonds. The van der Waals surface area contributed by atoms with Gasteiger partial charge in [-0.25, -0.2) is 15.0 Å². The molecule has 2 rings (SSSR count). The fraction of sp³-hybridized carbons (Fsp3) is 0. The summed E-state index contributed by atoms with van der Waals surface area (Å²) in [6, 6.07) is 6.20. The quantitative estimate of drug-likeness (QED) is 0.671. The van der Waals surface area contributed by atoms with Crippen molar-refractivity contribution in [3.8, 4) is 0 Å². The van der Waals surface area contributed by atoms with Crippen LogP contribution in [0.5, 0.6) is 0 Å². The maximum absolute atomic E-state index is 11.7. The minimum atomic E-state index is -0.415. The lowest BCUT2D eigenvalue weighted by atomic mass is 10.3. The summed E-state index contributed by atoms with van der Waals surface area (Å²) in [7, 11) is 0. The van der Waals surface area contributed by atoms with Crippen molar-refractivity contribution in [1.82, 2.24) is 15.0 Å². The second kappa shape index (κ2) is 5.07. The van der Waals surface area contributed by atoms with Gasteiger partial charge in [0.05, 0.1) is 0 Å². The van der Waals surface area contributed by atoms with E-state index >= 15 is 0 Å². The molecule has 0 aliphatic carbocycles. The van der Waals surface area contributed by atoms with Gasteiger partial charge < -0.3 is 5.32 Å². The fourth-order valence-corrected chi connectivity index (χ4v) is 1.43. The topological polar surface area (TPSA) is 67.8 Å². The van der Waals surface area contributed by atoms with E-state index in [-0.39, 0.29) is 16.0 Å². The van der Waals surface area contributed by atoms with Crippen LogP contribution in [0.3, 0.4) is 0 Å². The lowest BCUT2D eigenvalue weighted by Crippen LogP contribution is -2.14. The van der Waals surface area contributed by atoms with Gasteiger partial charge in [-0.2, -0.15) is 0 Å². The van der Waals surface area contributed by atoms with Gasteiger partial charge in [-0.3, -0.25) is 4.79 Å². The average Bonchev–Trinajstić information content (AvgIpc) is 2.29. The summed E-state index contributed by atoms with van der Waals surface area (Å²) in [5, 5.41) is 3.02. The van der Waals surface area contributed by atoms with Crippen LogP contribution in [0, 0.1) is 0 Å². The van der Waals surface area contributed by atoms with Crippen LogP contribution in [0.25, 0.3) is 0 Å². The van der Waals surface area contributed by atoms with Crippen molar-refractivity contribution in [1.29, 1.82) is 0 Å². The van der Waals surface area contributed by atoms with Gasteiger partial charge in [0.15, 0.2) is 0 Å². The smallest absolute Gasteiger partial charge is 0.275 e. The number of hydrogen-bond donors (Lipinski definition) is 1. The van der Waals surface area contributed by atoms with Crippen molar-refractivity contribution in [3.05, 3.63) is 46.6 Å². The van der Waals surface area contributed by atoms with E-state index < -0.39 is 5.91 Å². The molecule has 0 aromatic carbocycles. The molecule has 0 radical (unpaired) electrons. The monoisotopic (exact) mass is 268 g/mol. The summed E-state index contributed by atoms with van der Waals surface area (Å²) in [4.78, 5) is 23.2. The van der Waals surface area contributed by atoms with E-state index in [1.165, 1.54) is 12.4 Å². The lowest BCUT2D eigenvalue weighted by molar-refractivity contribution is 0.102. The number of nitrogens with zero attached hydrogens (tertiary/aromatic N) is 3. The summed E-state index contributed by atoms with van der Waals surface area (Å²) in [5.41, 5.74) is 0.201. The summed E-state index contributed by atoms with van der Waals surface area (Å²) in [6.45, 7) is 0. The lowest BCUT2D eigenvalue weighted by Gasteiger charge is -2.03. The predicted molar refractivity (Wildman–Crippen MR) is 64.2 cm³/mol. The van der Waals surface area contributed by atoms with E-state index in [0.29, 0.717) is 5.82 Å². The molecule has 2 heterocycles. The van der Waals surface area contributed by atoms with E-state index in [1.807, 2.05) is 0 Å². The van der Waals surface area contributed by atoms with E-state index in [4.69, 9.17) is 23.2 Å². The fourth-order valence-electron chi connectivity index (χ4n) is 1.12. The third-order valence-corrected chi connectivity index (χ3v) is 2.24. The molecule has 0 spiro atoms. The maximum atomic E-state index is 11.7. The summed E-state index contributed by atoms with van der Waals surface area (Å²) in [6.07, 6.45) is 1.25. The molecule has 0 fully saturated rings. The molecule has 2 aromatic rings. The molecule has 2 aromatic heterocycles. The van der Waals surface area contributed by atoms with Crippen molar-refractivity contribution in [2.45, 2.75) is 0 Å². The zero-order valence-corrected chi connectivity index (χ0v) is 9.90. The van der Waals surface area contributed by atoms with Gasteiger partial charge in [0.25, 0.3) is 5.91 Å². The predicted octanol–water partition coefficient (Wildman–Crippen LogP) is 2.43. The van der Waals surface area contributed by atoms with Gasteiger partial charge in [0.1, 0.15) is 28.1 Å². The molecule has 0 bridgehead atoms. The van der Waals surface area contributed by atoms with Crippen LogP contribution in [-0.2, 0) is 0 Å². The average molecular weight is 269 g/mol. The molecule has 5 nitrogen and oxygen atoms in total. The van der Waals surface area contributed by atoms with Crippen LogP contribution in [0.4, 0.5) is 5.82 Å². The zero-order valence-electron chi connectivity index (χ0n) is 8.39. The molecular formula is C10H6Cl2N4O. The molecular weight excluding hydrogens is 263 g/mol. The normalized spacial score (nSPS) is 10.0. The Morgan fingerprint density at radius 1 is 1.18 bits per heavy atom. The van der Waals surface area contributed by atoms with E-state index in [2.05, 4.69) is 20.3 Å². The number of carbonyl (C=O) groups excluding carboxylic acids is 1. The van der Waals surface area contributed by atoms with Gasteiger partial charge in [-0.15, -0.1) is 0 Å². The van der Waals surface area contributed by atoms with Crippen molar-refractivity contribution in [2.75, 3.05) is 5.32 Å². The molecule has 17 heavy (non-hydrogen) atoms. The van der Waals surface area contributed by atoms with Crippen LogP contribution in [0.1, 0.15) is 10.5 Å². The minimum Gasteiger partial charge on any atom is -0.305 e. The first-order valence-electron chi connectivity index (χ1n) is 4.56. The van der Waals surface area contributed by atoms with Crippen molar-refractivity contribution in [2.24, 2.45) is 0 Å². The molecule has 0 aliphatic heterocycles. The highest BCUT2D eigenvalue weighted by molar-refractivity contribution is 6.30. The molecule has 7 heteroatoms. The summed E-state index contributed by atoms with van der Waals surface area (Å²) in [5.74, 6) is -0.112. The van der Waals surface area contributed by atoms with Crippen LogP contribution in [0.2, 0.25) is 10.3 Å². The van der Waals surface area contributed by atoms with E-state index in [1.54, 1.807) is 18.2 Å². The van der Waals surface area contributed by atoms with Gasteiger partial charge in [0.2, 0.25) is 0 Å². The summed E-state index contributed by atoms with van der Waals surface area (Å²) >= 11 is 11.3. The van der Waals surface area contributed by atoms with Gasteiger partial charge >= 0.3 is 0 Å². The largest absolute Gasteiger partial charge is 0.305 e. The third-order valence-electron chi connectivity index (χ3n) is 1.82. The highest BCUT2D eigenvalue weighted by Crippen LogP contribution is 2.11. The van der Waals surface area contributed by atoms with Gasteiger partial charge in [0, 0.05) is 6.07 Å². The maximum Gasteiger partial charge on any atom is 0.275 e. The molecule has 0 saturated heterocycles. The number of pyridine rings is 1. The second-order valence-corrected chi connectivity index (χ2v) is 3.80. The SMILES string of the molecule is O=C(Nc1cc(Cl)ncn1)c1cccc(Cl)n1. The first kappa shape index (κ1) is 11.8. The number of rotatable bonds is 2. The minimum absolute atomic E-state index is 0.201. The summed E-state index contributed by atoms with van der Waals surface area (Å²) < 4.78 is 0. The number of carbonyl (C=O) groups is 1. The second-order valence-electron chi connectivity index (χ2n) is 3.03. The Hall–Kier alpha value is -1.72. The molecule has 1 N–H and O–H groups in total. The molecule has 0 saturated carbocycles. The number of halogens is 2. The number of anilines is 1.